The lowest BCUT2D eigenvalue weighted by Crippen LogP contribution is -2.19. The van der Waals surface area contributed by atoms with Crippen molar-refractivity contribution in [2.75, 3.05) is 18.2 Å². The maximum absolute atomic E-state index is 13.3. The zero-order valence-corrected chi connectivity index (χ0v) is 21.2. The Bertz CT molecular complexity index is 1140. The standard InChI is InChI=1S/C26H26ClFN2O2.C2H6.CH4/c1-17-12-21(14-19(15-29)25(17)31-11-10-27)26(2,3)20-5-7-22(8-6-20)32-16-18-4-9-23(28)24(30)13-18;1-2;/h4-9,12-14H,10-11,16,30H2,1-3H3;1-2H3;1H4. The molecule has 3 aromatic rings. The van der Waals surface area contributed by atoms with E-state index in [0.29, 0.717) is 36.2 Å². The van der Waals surface area contributed by atoms with Gasteiger partial charge in [-0.2, -0.15) is 5.26 Å². The highest BCUT2D eigenvalue weighted by atomic mass is 35.5. The molecule has 0 bridgehead atoms. The van der Waals surface area contributed by atoms with E-state index in [1.54, 1.807) is 12.1 Å². The van der Waals surface area contributed by atoms with Crippen molar-refractivity contribution < 1.29 is 13.9 Å². The number of ether oxygens (including phenoxy) is 2. The molecule has 0 atom stereocenters. The van der Waals surface area contributed by atoms with Crippen molar-refractivity contribution >= 4 is 17.3 Å². The molecule has 0 aliphatic heterocycles. The van der Waals surface area contributed by atoms with E-state index in [1.165, 1.54) is 6.07 Å². The molecule has 3 aromatic carbocycles. The number of nitrogen functional groups attached to an aromatic ring is 1. The van der Waals surface area contributed by atoms with Crippen molar-refractivity contribution in [3.8, 4) is 17.6 Å². The number of nitrogens with two attached hydrogens (primary N) is 1. The van der Waals surface area contributed by atoms with E-state index < -0.39 is 5.82 Å². The predicted molar refractivity (Wildman–Crippen MR) is 144 cm³/mol. The van der Waals surface area contributed by atoms with Crippen LogP contribution < -0.4 is 15.2 Å². The highest BCUT2D eigenvalue weighted by Crippen LogP contribution is 2.36. The van der Waals surface area contributed by atoms with Gasteiger partial charge in [-0.1, -0.05) is 59.4 Å². The SMILES string of the molecule is C.CC.Cc1cc(C(C)(C)c2ccc(OCc3ccc(F)c(N)c3)cc2)cc(C#N)c1OCCCl. The Morgan fingerprint density at radius 1 is 1.00 bits per heavy atom. The van der Waals surface area contributed by atoms with Crippen LogP contribution in [0, 0.1) is 24.1 Å². The molecule has 188 valence electrons. The zero-order chi connectivity index (χ0) is 25.3. The van der Waals surface area contributed by atoms with Gasteiger partial charge in [0, 0.05) is 5.41 Å². The number of alkyl halides is 1. The minimum atomic E-state index is -0.436. The van der Waals surface area contributed by atoms with Crippen LogP contribution >= 0.6 is 11.6 Å². The van der Waals surface area contributed by atoms with E-state index in [9.17, 15) is 9.65 Å². The summed E-state index contributed by atoms with van der Waals surface area (Å²) in [7, 11) is 0. The number of benzene rings is 3. The fraction of sp³-hybridized carbons (Fsp3) is 0.345. The quantitative estimate of drug-likeness (QED) is 0.254. The van der Waals surface area contributed by atoms with Crippen molar-refractivity contribution in [3.05, 3.63) is 88.2 Å². The first-order valence-electron chi connectivity index (χ1n) is 11.3. The van der Waals surface area contributed by atoms with Crippen LogP contribution in [0.25, 0.3) is 0 Å². The van der Waals surface area contributed by atoms with E-state index in [2.05, 4.69) is 19.9 Å². The van der Waals surface area contributed by atoms with Gasteiger partial charge in [0.25, 0.3) is 0 Å². The second kappa shape index (κ2) is 13.6. The minimum Gasteiger partial charge on any atom is -0.491 e. The van der Waals surface area contributed by atoms with Gasteiger partial charge in [0.2, 0.25) is 0 Å². The van der Waals surface area contributed by atoms with E-state index in [0.717, 1.165) is 22.3 Å². The largest absolute Gasteiger partial charge is 0.491 e. The van der Waals surface area contributed by atoms with Crippen LogP contribution in [-0.4, -0.2) is 12.5 Å². The Balaban J connectivity index is 0.00000199. The zero-order valence-electron chi connectivity index (χ0n) is 20.4. The van der Waals surface area contributed by atoms with Crippen molar-refractivity contribution in [2.24, 2.45) is 0 Å². The molecule has 3 rings (SSSR count). The van der Waals surface area contributed by atoms with E-state index in [-0.39, 0.29) is 18.5 Å². The highest BCUT2D eigenvalue weighted by molar-refractivity contribution is 6.18. The molecule has 35 heavy (non-hydrogen) atoms. The maximum atomic E-state index is 13.3. The van der Waals surface area contributed by atoms with Gasteiger partial charge in [-0.15, -0.1) is 11.6 Å². The first kappa shape index (κ1) is 29.8. The van der Waals surface area contributed by atoms with Crippen LogP contribution in [0.3, 0.4) is 0 Å². The molecule has 0 heterocycles. The van der Waals surface area contributed by atoms with Gasteiger partial charge in [-0.05, 0) is 59.5 Å². The Hall–Kier alpha value is -3.23. The molecule has 0 saturated carbocycles. The van der Waals surface area contributed by atoms with Gasteiger partial charge >= 0.3 is 0 Å². The number of hydrogen-bond donors (Lipinski definition) is 1. The summed E-state index contributed by atoms with van der Waals surface area (Å²) in [4.78, 5) is 0. The van der Waals surface area contributed by atoms with Gasteiger partial charge in [0.05, 0.1) is 17.1 Å². The van der Waals surface area contributed by atoms with E-state index in [4.69, 9.17) is 26.8 Å². The third-order valence-electron chi connectivity index (χ3n) is 5.48. The number of nitriles is 1. The molecule has 0 aliphatic carbocycles. The summed E-state index contributed by atoms with van der Waals surface area (Å²) in [5.41, 5.74) is 9.66. The lowest BCUT2D eigenvalue weighted by molar-refractivity contribution is 0.306. The van der Waals surface area contributed by atoms with Crippen LogP contribution in [0.1, 0.15) is 62.9 Å². The minimum absolute atomic E-state index is 0. The van der Waals surface area contributed by atoms with Crippen LogP contribution in [0.5, 0.6) is 11.5 Å². The normalized spacial score (nSPS) is 10.3. The summed E-state index contributed by atoms with van der Waals surface area (Å²) < 4.78 is 24.8. The molecule has 0 spiro atoms. The van der Waals surface area contributed by atoms with Gasteiger partial charge < -0.3 is 15.2 Å². The average molecular weight is 499 g/mol. The van der Waals surface area contributed by atoms with E-state index >= 15 is 0 Å². The van der Waals surface area contributed by atoms with Crippen molar-refractivity contribution in [1.82, 2.24) is 0 Å². The average Bonchev–Trinajstić information content (AvgIpc) is 2.85. The molecule has 0 aliphatic rings. The molecule has 4 nitrogen and oxygen atoms in total. The lowest BCUT2D eigenvalue weighted by Gasteiger charge is -2.27. The van der Waals surface area contributed by atoms with Gasteiger partial charge in [-0.3, -0.25) is 0 Å². The smallest absolute Gasteiger partial charge is 0.146 e. The Labute approximate surface area is 214 Å². The lowest BCUT2D eigenvalue weighted by atomic mass is 9.77. The Morgan fingerprint density at radius 3 is 2.23 bits per heavy atom. The summed E-state index contributed by atoms with van der Waals surface area (Å²) >= 11 is 5.73. The monoisotopic (exact) mass is 498 g/mol. The maximum Gasteiger partial charge on any atom is 0.146 e. The van der Waals surface area contributed by atoms with Crippen LogP contribution in [0.4, 0.5) is 10.1 Å². The first-order valence-corrected chi connectivity index (χ1v) is 11.8. The topological polar surface area (TPSA) is 68.3 Å². The summed E-state index contributed by atoms with van der Waals surface area (Å²) in [6.45, 7) is 10.8. The molecule has 0 saturated heterocycles. The fourth-order valence-electron chi connectivity index (χ4n) is 3.53. The first-order chi connectivity index (χ1) is 16.3. The van der Waals surface area contributed by atoms with Gasteiger partial charge in [-0.25, -0.2) is 4.39 Å². The highest BCUT2D eigenvalue weighted by Gasteiger charge is 2.25. The molecule has 0 fully saturated rings. The molecule has 0 unspecified atom stereocenters. The third kappa shape index (κ3) is 7.37. The molecular weight excluding hydrogens is 463 g/mol. The molecule has 2 N–H and O–H groups in total. The number of hydrogen-bond acceptors (Lipinski definition) is 4. The van der Waals surface area contributed by atoms with Gasteiger partial charge in [0.1, 0.15) is 36.6 Å². The third-order valence-corrected chi connectivity index (χ3v) is 5.64. The Morgan fingerprint density at radius 2 is 1.66 bits per heavy atom. The number of anilines is 1. The van der Waals surface area contributed by atoms with Crippen molar-refractivity contribution in [1.29, 1.82) is 5.26 Å². The summed E-state index contributed by atoms with van der Waals surface area (Å²) in [5, 5.41) is 9.62. The summed E-state index contributed by atoms with van der Waals surface area (Å²) in [6.07, 6.45) is 0. The second-order valence-corrected chi connectivity index (χ2v) is 8.49. The van der Waals surface area contributed by atoms with Crippen LogP contribution in [0.15, 0.2) is 54.6 Å². The molecular formula is C29H36ClFN2O2. The predicted octanol–water partition coefficient (Wildman–Crippen LogP) is 7.77. The number of halogens is 2. The van der Waals surface area contributed by atoms with Gasteiger partial charge in [0.15, 0.2) is 0 Å². The molecule has 0 amide bonds. The van der Waals surface area contributed by atoms with E-state index in [1.807, 2.05) is 57.2 Å². The summed E-state index contributed by atoms with van der Waals surface area (Å²) in [6, 6.07) is 18.5. The molecule has 6 heteroatoms. The molecule has 0 radical (unpaired) electrons. The van der Waals surface area contributed by atoms with Crippen molar-refractivity contribution in [3.63, 3.8) is 0 Å². The van der Waals surface area contributed by atoms with Crippen molar-refractivity contribution in [2.45, 2.75) is 54.1 Å². The number of nitrogens with zero attached hydrogens (tertiary/aromatic N) is 1. The molecule has 0 aromatic heterocycles. The number of rotatable bonds is 8. The second-order valence-electron chi connectivity index (χ2n) is 8.11. The van der Waals surface area contributed by atoms with Crippen LogP contribution in [0.2, 0.25) is 0 Å². The summed E-state index contributed by atoms with van der Waals surface area (Å²) in [5.74, 6) is 1.21. The fourth-order valence-corrected chi connectivity index (χ4v) is 3.61. The number of aryl methyl sites for hydroxylation is 1. The van der Waals surface area contributed by atoms with Crippen LogP contribution in [-0.2, 0) is 12.0 Å². The Kier molecular flexibility index (Phi) is 11.6.